The molecule has 0 rings (SSSR count). The molecular formula is C6H11NO. The Labute approximate surface area is 49.5 Å². The van der Waals surface area contributed by atoms with Gasteiger partial charge in [0.05, 0.1) is 0 Å². The van der Waals surface area contributed by atoms with Crippen molar-refractivity contribution in [2.24, 2.45) is 5.16 Å². The van der Waals surface area contributed by atoms with Gasteiger partial charge in [-0.3, -0.25) is 0 Å². The predicted molar refractivity (Wildman–Crippen MR) is 34.3 cm³/mol. The van der Waals surface area contributed by atoms with Gasteiger partial charge in [0.15, 0.2) is 0 Å². The van der Waals surface area contributed by atoms with Gasteiger partial charge in [0, 0.05) is 6.21 Å². The van der Waals surface area contributed by atoms with E-state index in [4.69, 9.17) is 5.21 Å². The summed E-state index contributed by atoms with van der Waals surface area (Å²) in [7, 11) is 0. The highest BCUT2D eigenvalue weighted by molar-refractivity contribution is 5.55. The lowest BCUT2D eigenvalue weighted by atomic mass is 10.2. The third-order valence-electron chi connectivity index (χ3n) is 0.823. The fraction of sp³-hybridized carbons (Fsp3) is 0.500. The molecule has 0 saturated carbocycles. The van der Waals surface area contributed by atoms with Gasteiger partial charge in [-0.1, -0.05) is 6.08 Å². The zero-order valence-electron chi connectivity index (χ0n) is 4.88. The van der Waals surface area contributed by atoms with Crippen molar-refractivity contribution in [2.45, 2.75) is 19.3 Å². The van der Waals surface area contributed by atoms with E-state index in [-0.39, 0.29) is 0 Å². The van der Waals surface area contributed by atoms with E-state index in [1.165, 1.54) is 6.21 Å². The van der Waals surface area contributed by atoms with E-state index in [9.17, 15) is 0 Å². The summed E-state index contributed by atoms with van der Waals surface area (Å²) in [4.78, 5) is 0. The van der Waals surface area contributed by atoms with Crippen molar-refractivity contribution in [1.82, 2.24) is 0 Å². The summed E-state index contributed by atoms with van der Waals surface area (Å²) in [6.45, 7) is 3.55. The first kappa shape index (κ1) is 7.21. The smallest absolute Gasteiger partial charge is 0.0436 e. The van der Waals surface area contributed by atoms with Crippen LogP contribution in [0.5, 0.6) is 0 Å². The number of hydrogen-bond donors (Lipinski definition) is 1. The van der Waals surface area contributed by atoms with Crippen LogP contribution < -0.4 is 0 Å². The van der Waals surface area contributed by atoms with Crippen LogP contribution in [0.3, 0.4) is 0 Å². The molecule has 1 N–H and O–H groups in total. The maximum absolute atomic E-state index is 7.91. The second-order valence-corrected chi connectivity index (χ2v) is 1.52. The molecule has 0 radical (unpaired) electrons. The summed E-state index contributed by atoms with van der Waals surface area (Å²) < 4.78 is 0. The number of nitrogens with zero attached hydrogens (tertiary/aromatic N) is 1. The van der Waals surface area contributed by atoms with Gasteiger partial charge in [0.2, 0.25) is 0 Å². The molecule has 0 aromatic rings. The average Bonchev–Trinajstić information content (AvgIpc) is 1.81. The molecule has 0 aliphatic carbocycles. The summed E-state index contributed by atoms with van der Waals surface area (Å²) in [5.74, 6) is 0. The monoisotopic (exact) mass is 113 g/mol. The zero-order valence-corrected chi connectivity index (χ0v) is 4.88. The fourth-order valence-electron chi connectivity index (χ4n) is 0.411. The molecule has 0 atom stereocenters. The van der Waals surface area contributed by atoms with Gasteiger partial charge in [-0.05, 0) is 19.3 Å². The van der Waals surface area contributed by atoms with E-state index in [0.717, 1.165) is 19.3 Å². The molecule has 0 aliphatic heterocycles. The average molecular weight is 113 g/mol. The molecule has 0 saturated heterocycles. The lowest BCUT2D eigenvalue weighted by Crippen LogP contribution is -1.73. The van der Waals surface area contributed by atoms with Crippen molar-refractivity contribution in [1.29, 1.82) is 0 Å². The quantitative estimate of drug-likeness (QED) is 0.195. The van der Waals surface area contributed by atoms with E-state index in [2.05, 4.69) is 11.7 Å². The minimum absolute atomic E-state index is 0.836. The van der Waals surface area contributed by atoms with Crippen LogP contribution in [0.1, 0.15) is 19.3 Å². The van der Waals surface area contributed by atoms with Gasteiger partial charge in [0.1, 0.15) is 0 Å². The summed E-state index contributed by atoms with van der Waals surface area (Å²) in [6, 6.07) is 0. The molecular weight excluding hydrogens is 102 g/mol. The Kier molecular flexibility index (Phi) is 5.60. The fourth-order valence-corrected chi connectivity index (χ4v) is 0.411. The summed E-state index contributed by atoms with van der Waals surface area (Å²) in [5, 5.41) is 10.8. The molecule has 0 aromatic heterocycles. The number of oxime groups is 1. The first-order valence-electron chi connectivity index (χ1n) is 2.68. The predicted octanol–water partition coefficient (Wildman–Crippen LogP) is 1.80. The maximum atomic E-state index is 7.91. The second-order valence-electron chi connectivity index (χ2n) is 1.52. The van der Waals surface area contributed by atoms with Crippen LogP contribution in [0.15, 0.2) is 17.8 Å². The lowest BCUT2D eigenvalue weighted by Gasteiger charge is -1.84. The zero-order chi connectivity index (χ0) is 6.24. The van der Waals surface area contributed by atoms with Crippen LogP contribution in [0.2, 0.25) is 0 Å². The number of unbranched alkanes of at least 4 members (excludes halogenated alkanes) is 2. The molecule has 0 bridgehead atoms. The lowest BCUT2D eigenvalue weighted by molar-refractivity contribution is 0.320. The van der Waals surface area contributed by atoms with Crippen molar-refractivity contribution < 1.29 is 5.21 Å². The number of hydrogen-bond acceptors (Lipinski definition) is 2. The molecule has 0 fully saturated rings. The number of allylic oxidation sites excluding steroid dienone is 1. The molecule has 0 aromatic carbocycles. The van der Waals surface area contributed by atoms with E-state index in [0.29, 0.717) is 0 Å². The Balaban J connectivity index is 2.82. The Bertz CT molecular complexity index is 78.6. The Hall–Kier alpha value is -0.790. The Morgan fingerprint density at radius 3 is 2.75 bits per heavy atom. The van der Waals surface area contributed by atoms with Crippen LogP contribution in [0.4, 0.5) is 0 Å². The molecule has 0 unspecified atom stereocenters. The van der Waals surface area contributed by atoms with Crippen molar-refractivity contribution in [3.8, 4) is 0 Å². The topological polar surface area (TPSA) is 32.6 Å². The molecule has 0 amide bonds. The summed E-state index contributed by atoms with van der Waals surface area (Å²) >= 11 is 0. The second kappa shape index (κ2) is 6.21. The van der Waals surface area contributed by atoms with Crippen LogP contribution >= 0.6 is 0 Å². The van der Waals surface area contributed by atoms with Crippen LogP contribution in [-0.2, 0) is 0 Å². The first-order chi connectivity index (χ1) is 3.91. The van der Waals surface area contributed by atoms with E-state index >= 15 is 0 Å². The molecule has 0 heterocycles. The Morgan fingerprint density at radius 1 is 1.50 bits per heavy atom. The van der Waals surface area contributed by atoms with Crippen LogP contribution in [-0.4, -0.2) is 11.4 Å². The van der Waals surface area contributed by atoms with Crippen molar-refractivity contribution >= 4 is 6.21 Å². The third kappa shape index (κ3) is 5.21. The highest BCUT2D eigenvalue weighted by Gasteiger charge is 1.77. The molecule has 46 valence electrons. The highest BCUT2D eigenvalue weighted by Crippen LogP contribution is 1.91. The van der Waals surface area contributed by atoms with Crippen LogP contribution in [0.25, 0.3) is 0 Å². The van der Waals surface area contributed by atoms with Gasteiger partial charge in [-0.15, -0.1) is 11.7 Å². The standard InChI is InChI=1S/C6H11NO/c1-2-3-4-5-6-7-8/h2,6,8H,1,3-5H2/b7-6+. The highest BCUT2D eigenvalue weighted by atomic mass is 16.4. The van der Waals surface area contributed by atoms with Gasteiger partial charge in [-0.2, -0.15) is 0 Å². The van der Waals surface area contributed by atoms with Crippen LogP contribution in [0, 0.1) is 0 Å². The Morgan fingerprint density at radius 2 is 2.25 bits per heavy atom. The normalized spacial score (nSPS) is 10.0. The SMILES string of the molecule is C=CCCC/C=N/O. The largest absolute Gasteiger partial charge is 0.411 e. The maximum Gasteiger partial charge on any atom is 0.0436 e. The molecule has 8 heavy (non-hydrogen) atoms. The molecule has 0 aliphatic rings. The molecule has 2 nitrogen and oxygen atoms in total. The van der Waals surface area contributed by atoms with Crippen molar-refractivity contribution in [2.75, 3.05) is 0 Å². The van der Waals surface area contributed by atoms with Crippen molar-refractivity contribution in [3.63, 3.8) is 0 Å². The minimum Gasteiger partial charge on any atom is -0.411 e. The van der Waals surface area contributed by atoms with Gasteiger partial charge in [0.25, 0.3) is 0 Å². The minimum atomic E-state index is 0.836. The van der Waals surface area contributed by atoms with Gasteiger partial charge < -0.3 is 5.21 Å². The van der Waals surface area contributed by atoms with E-state index in [1.54, 1.807) is 0 Å². The molecule has 0 spiro atoms. The number of rotatable bonds is 4. The van der Waals surface area contributed by atoms with Gasteiger partial charge in [-0.25, -0.2) is 0 Å². The molecule has 2 heteroatoms. The van der Waals surface area contributed by atoms with Crippen molar-refractivity contribution in [3.05, 3.63) is 12.7 Å². The third-order valence-corrected chi connectivity index (χ3v) is 0.823. The summed E-state index contributed by atoms with van der Waals surface area (Å²) in [5.41, 5.74) is 0. The summed E-state index contributed by atoms with van der Waals surface area (Å²) in [6.07, 6.45) is 6.19. The van der Waals surface area contributed by atoms with Gasteiger partial charge >= 0.3 is 0 Å². The van der Waals surface area contributed by atoms with E-state index in [1.807, 2.05) is 6.08 Å². The van der Waals surface area contributed by atoms with E-state index < -0.39 is 0 Å². The first-order valence-corrected chi connectivity index (χ1v) is 2.68.